The highest BCUT2D eigenvalue weighted by Gasteiger charge is 2.14. The van der Waals surface area contributed by atoms with Crippen molar-refractivity contribution < 1.29 is 0 Å². The average Bonchev–Trinajstić information content (AvgIpc) is 2.93. The molecule has 0 unspecified atom stereocenters. The maximum absolute atomic E-state index is 5.58. The second kappa shape index (κ2) is 4.18. The summed E-state index contributed by atoms with van der Waals surface area (Å²) in [6, 6.07) is 0. The molecule has 0 aliphatic rings. The fourth-order valence-electron chi connectivity index (χ4n) is 1.47. The van der Waals surface area contributed by atoms with Crippen LogP contribution in [-0.2, 0) is 0 Å². The van der Waals surface area contributed by atoms with E-state index in [1.165, 1.54) is 29.4 Å². The monoisotopic (exact) mass is 279 g/mol. The van der Waals surface area contributed by atoms with Gasteiger partial charge < -0.3 is 5.73 Å². The number of aromatic nitrogens is 6. The van der Waals surface area contributed by atoms with Crippen molar-refractivity contribution in [1.82, 2.24) is 29.8 Å². The van der Waals surface area contributed by atoms with Gasteiger partial charge in [0.05, 0.1) is 0 Å². The standard InChI is InChI=1S/C9H9N7S2/c1-4-5(2)13-8-11-3-12-16(8)6(4)17-9-15-14-7(10)18-9/h3H,1-2H3,(H2,10,14). The van der Waals surface area contributed by atoms with E-state index >= 15 is 0 Å². The smallest absolute Gasteiger partial charge is 0.253 e. The Morgan fingerprint density at radius 1 is 1.33 bits per heavy atom. The van der Waals surface area contributed by atoms with Gasteiger partial charge >= 0.3 is 0 Å². The molecule has 0 saturated heterocycles. The Morgan fingerprint density at radius 3 is 2.89 bits per heavy atom. The van der Waals surface area contributed by atoms with Crippen molar-refractivity contribution in [3.05, 3.63) is 17.6 Å². The minimum atomic E-state index is 0.454. The van der Waals surface area contributed by atoms with Crippen LogP contribution in [0.5, 0.6) is 0 Å². The average molecular weight is 279 g/mol. The second-order valence-electron chi connectivity index (χ2n) is 3.61. The van der Waals surface area contributed by atoms with E-state index in [2.05, 4.69) is 25.3 Å². The van der Waals surface area contributed by atoms with Crippen LogP contribution in [0.25, 0.3) is 5.78 Å². The number of nitrogens with zero attached hydrogens (tertiary/aromatic N) is 6. The molecule has 18 heavy (non-hydrogen) atoms. The number of nitrogen functional groups attached to an aromatic ring is 1. The molecule has 2 N–H and O–H groups in total. The van der Waals surface area contributed by atoms with E-state index in [0.29, 0.717) is 10.9 Å². The molecule has 0 aliphatic heterocycles. The summed E-state index contributed by atoms with van der Waals surface area (Å²) in [4.78, 5) is 8.46. The Labute approximate surface area is 110 Å². The van der Waals surface area contributed by atoms with E-state index in [1.807, 2.05) is 13.8 Å². The minimum Gasteiger partial charge on any atom is -0.374 e. The molecule has 0 fully saturated rings. The molecule has 0 atom stereocenters. The van der Waals surface area contributed by atoms with Gasteiger partial charge in [-0.25, -0.2) is 4.98 Å². The highest BCUT2D eigenvalue weighted by Crippen LogP contribution is 2.33. The molecular formula is C9H9N7S2. The summed E-state index contributed by atoms with van der Waals surface area (Å²) in [6.07, 6.45) is 1.49. The Bertz CT molecular complexity index is 717. The molecule has 92 valence electrons. The van der Waals surface area contributed by atoms with Crippen molar-refractivity contribution in [2.24, 2.45) is 0 Å². The molecule has 3 rings (SSSR count). The Kier molecular flexibility index (Phi) is 2.63. The van der Waals surface area contributed by atoms with Gasteiger partial charge in [0.25, 0.3) is 5.78 Å². The fourth-order valence-corrected chi connectivity index (χ4v) is 3.23. The van der Waals surface area contributed by atoms with Crippen LogP contribution >= 0.6 is 23.1 Å². The molecular weight excluding hydrogens is 270 g/mol. The molecule has 0 spiro atoms. The number of nitrogens with two attached hydrogens (primary N) is 1. The lowest BCUT2D eigenvalue weighted by Gasteiger charge is -2.07. The first-order valence-corrected chi connectivity index (χ1v) is 6.72. The summed E-state index contributed by atoms with van der Waals surface area (Å²) in [7, 11) is 0. The van der Waals surface area contributed by atoms with Gasteiger partial charge in [0.15, 0.2) is 4.34 Å². The normalized spacial score (nSPS) is 11.2. The summed E-state index contributed by atoms with van der Waals surface area (Å²) < 4.78 is 2.47. The first-order chi connectivity index (χ1) is 8.65. The van der Waals surface area contributed by atoms with E-state index in [-0.39, 0.29) is 0 Å². The molecule has 3 aromatic heterocycles. The summed E-state index contributed by atoms with van der Waals surface area (Å²) >= 11 is 2.81. The van der Waals surface area contributed by atoms with Crippen molar-refractivity contribution >= 4 is 34.0 Å². The zero-order valence-electron chi connectivity index (χ0n) is 9.65. The second-order valence-corrected chi connectivity index (χ2v) is 5.85. The molecule has 9 heteroatoms. The van der Waals surface area contributed by atoms with Gasteiger partial charge in [-0.05, 0) is 25.6 Å². The van der Waals surface area contributed by atoms with Crippen LogP contribution in [0.3, 0.4) is 0 Å². The van der Waals surface area contributed by atoms with Crippen LogP contribution in [0, 0.1) is 13.8 Å². The van der Waals surface area contributed by atoms with Crippen molar-refractivity contribution in [2.75, 3.05) is 5.73 Å². The van der Waals surface area contributed by atoms with Crippen LogP contribution in [0.2, 0.25) is 0 Å². The molecule has 0 amide bonds. The number of rotatable bonds is 2. The van der Waals surface area contributed by atoms with E-state index in [0.717, 1.165) is 20.6 Å². The minimum absolute atomic E-state index is 0.454. The van der Waals surface area contributed by atoms with Crippen LogP contribution in [-0.4, -0.2) is 29.8 Å². The molecule has 3 aromatic rings. The van der Waals surface area contributed by atoms with Crippen LogP contribution in [0.1, 0.15) is 11.3 Å². The summed E-state index contributed by atoms with van der Waals surface area (Å²) in [5.41, 5.74) is 7.55. The van der Waals surface area contributed by atoms with Gasteiger partial charge in [-0.15, -0.1) is 10.2 Å². The van der Waals surface area contributed by atoms with E-state index in [9.17, 15) is 0 Å². The number of hydrogen-bond acceptors (Lipinski definition) is 8. The van der Waals surface area contributed by atoms with Crippen LogP contribution < -0.4 is 5.73 Å². The van der Waals surface area contributed by atoms with E-state index in [4.69, 9.17) is 5.73 Å². The topological polar surface area (TPSA) is 94.9 Å². The molecule has 7 nitrogen and oxygen atoms in total. The van der Waals surface area contributed by atoms with Crippen molar-refractivity contribution in [1.29, 1.82) is 0 Å². The molecule has 0 aliphatic carbocycles. The maximum Gasteiger partial charge on any atom is 0.253 e. The summed E-state index contributed by atoms with van der Waals surface area (Å²) in [5.74, 6) is 0.582. The lowest BCUT2D eigenvalue weighted by molar-refractivity contribution is 0.813. The third-order valence-corrected chi connectivity index (χ3v) is 4.44. The van der Waals surface area contributed by atoms with Gasteiger partial charge in [0, 0.05) is 11.3 Å². The fraction of sp³-hybridized carbons (Fsp3) is 0.222. The molecule has 0 saturated carbocycles. The highest BCUT2D eigenvalue weighted by molar-refractivity contribution is 8.01. The predicted octanol–water partition coefficient (Wildman–Crippen LogP) is 1.33. The van der Waals surface area contributed by atoms with Gasteiger partial charge in [-0.3, -0.25) is 0 Å². The molecule has 0 bridgehead atoms. The van der Waals surface area contributed by atoms with Crippen LogP contribution in [0.15, 0.2) is 15.7 Å². The quantitative estimate of drug-likeness (QED) is 0.707. The van der Waals surface area contributed by atoms with Crippen molar-refractivity contribution in [3.63, 3.8) is 0 Å². The molecule has 0 aromatic carbocycles. The highest BCUT2D eigenvalue weighted by atomic mass is 32.2. The largest absolute Gasteiger partial charge is 0.374 e. The third-order valence-electron chi connectivity index (χ3n) is 2.46. The van der Waals surface area contributed by atoms with Crippen molar-refractivity contribution in [3.8, 4) is 0 Å². The lowest BCUT2D eigenvalue weighted by atomic mass is 10.3. The van der Waals surface area contributed by atoms with Crippen LogP contribution in [0.4, 0.5) is 5.13 Å². The number of aryl methyl sites for hydroxylation is 1. The van der Waals surface area contributed by atoms with Gasteiger partial charge in [0.1, 0.15) is 11.4 Å². The molecule has 0 radical (unpaired) electrons. The zero-order valence-corrected chi connectivity index (χ0v) is 11.3. The van der Waals surface area contributed by atoms with Crippen molar-refractivity contribution in [2.45, 2.75) is 23.2 Å². The number of fused-ring (bicyclic) bond motifs is 1. The zero-order chi connectivity index (χ0) is 12.7. The predicted molar refractivity (Wildman–Crippen MR) is 68.7 cm³/mol. The SMILES string of the molecule is Cc1nc2ncnn2c(Sc2nnc(N)s2)c1C. The molecule has 3 heterocycles. The Hall–Kier alpha value is -1.74. The lowest BCUT2D eigenvalue weighted by Crippen LogP contribution is -2.01. The Balaban J connectivity index is 2.15. The maximum atomic E-state index is 5.58. The van der Waals surface area contributed by atoms with Gasteiger partial charge in [-0.2, -0.15) is 14.6 Å². The first kappa shape index (κ1) is 11.4. The number of anilines is 1. The first-order valence-electron chi connectivity index (χ1n) is 5.09. The summed E-state index contributed by atoms with van der Waals surface area (Å²) in [5, 5.41) is 13.4. The Morgan fingerprint density at radius 2 is 2.17 bits per heavy atom. The number of hydrogen-bond donors (Lipinski definition) is 1. The van der Waals surface area contributed by atoms with Gasteiger partial charge in [0.2, 0.25) is 5.13 Å². The van der Waals surface area contributed by atoms with Gasteiger partial charge in [-0.1, -0.05) is 11.3 Å². The summed E-state index contributed by atoms with van der Waals surface area (Å²) in [6.45, 7) is 3.94. The van der Waals surface area contributed by atoms with E-state index < -0.39 is 0 Å². The van der Waals surface area contributed by atoms with E-state index in [1.54, 1.807) is 4.52 Å². The third kappa shape index (κ3) is 1.81.